The Kier molecular flexibility index (Phi) is 7.67. The van der Waals surface area contributed by atoms with Gasteiger partial charge in [0.2, 0.25) is 0 Å². The van der Waals surface area contributed by atoms with Crippen molar-refractivity contribution in [2.24, 2.45) is 17.8 Å². The third-order valence-corrected chi connectivity index (χ3v) is 6.12. The summed E-state index contributed by atoms with van der Waals surface area (Å²) in [5.41, 5.74) is 0. The quantitative estimate of drug-likeness (QED) is 0.380. The van der Waals surface area contributed by atoms with E-state index < -0.39 is 0 Å². The van der Waals surface area contributed by atoms with E-state index >= 15 is 0 Å². The summed E-state index contributed by atoms with van der Waals surface area (Å²) in [4.78, 5) is 23.9. The van der Waals surface area contributed by atoms with Crippen molar-refractivity contribution >= 4 is 11.8 Å². The number of rotatable bonds is 8. The molecule has 0 aromatic heterocycles. The van der Waals surface area contributed by atoms with Crippen molar-refractivity contribution in [3.63, 3.8) is 0 Å². The van der Waals surface area contributed by atoms with Gasteiger partial charge in [0, 0.05) is 23.8 Å². The lowest BCUT2D eigenvalue weighted by Crippen LogP contribution is -2.46. The summed E-state index contributed by atoms with van der Waals surface area (Å²) in [6.45, 7) is 5.77. The Bertz CT molecular complexity index is 458. The normalized spacial score (nSPS) is 25.4. The zero-order valence-corrected chi connectivity index (χ0v) is 16.2. The molecular weight excluding hydrogens is 314 g/mol. The Labute approximate surface area is 153 Å². The third-order valence-electron chi connectivity index (χ3n) is 6.12. The first-order chi connectivity index (χ1) is 11.9. The number of ketones is 1. The molecule has 4 nitrogen and oxygen atoms in total. The molecule has 0 amide bonds. The number of nitrogens with zero attached hydrogens (tertiary/aromatic N) is 1. The molecule has 2 aliphatic rings. The molecule has 0 atom stereocenters. The summed E-state index contributed by atoms with van der Waals surface area (Å²) in [6.07, 6.45) is 11.8. The first kappa shape index (κ1) is 20.2. The highest BCUT2D eigenvalue weighted by Gasteiger charge is 2.33. The number of hydrogen-bond donors (Lipinski definition) is 0. The molecule has 0 radical (unpaired) electrons. The molecule has 0 N–H and O–H groups in total. The van der Waals surface area contributed by atoms with E-state index in [1.165, 1.54) is 25.3 Å². The number of carbonyl (C=O) groups is 2. The first-order valence-corrected chi connectivity index (χ1v) is 10.1. The van der Waals surface area contributed by atoms with Crippen LogP contribution in [-0.2, 0) is 14.3 Å². The van der Waals surface area contributed by atoms with Gasteiger partial charge in [0.25, 0.3) is 0 Å². The number of ether oxygens (including phenoxy) is 1. The van der Waals surface area contributed by atoms with Crippen LogP contribution in [0.3, 0.4) is 0 Å². The lowest BCUT2D eigenvalue weighted by Gasteiger charge is -2.37. The predicted molar refractivity (Wildman–Crippen MR) is 100 cm³/mol. The molecule has 0 saturated heterocycles. The zero-order chi connectivity index (χ0) is 18.3. The van der Waals surface area contributed by atoms with Crippen LogP contribution in [0.1, 0.15) is 57.8 Å². The van der Waals surface area contributed by atoms with E-state index in [-0.39, 0.29) is 5.97 Å². The second kappa shape index (κ2) is 9.51. The second-order valence-electron chi connectivity index (χ2n) is 8.67. The van der Waals surface area contributed by atoms with E-state index in [1.54, 1.807) is 0 Å². The average Bonchev–Trinajstić information content (AvgIpc) is 2.62. The standard InChI is InChI=1S/C21H36NO3/c1-4-20(23)25-15-14-22(2,3)16-17-10-12-19(13-11-17)21(24)18-8-6-5-7-9-18/h4,17-19H,1,5-16H2,2-3H3/q+1. The summed E-state index contributed by atoms with van der Waals surface area (Å²) in [6, 6.07) is 0. The van der Waals surface area contributed by atoms with Gasteiger partial charge in [-0.05, 0) is 38.5 Å². The van der Waals surface area contributed by atoms with Crippen LogP contribution in [0, 0.1) is 17.8 Å². The van der Waals surface area contributed by atoms with Crippen molar-refractivity contribution in [3.8, 4) is 0 Å². The molecule has 2 saturated carbocycles. The van der Waals surface area contributed by atoms with Crippen LogP contribution >= 0.6 is 0 Å². The van der Waals surface area contributed by atoms with Crippen LogP contribution in [0.5, 0.6) is 0 Å². The third kappa shape index (κ3) is 6.58. The minimum absolute atomic E-state index is 0.323. The summed E-state index contributed by atoms with van der Waals surface area (Å²) in [5.74, 6) is 1.59. The molecule has 0 aliphatic heterocycles. The van der Waals surface area contributed by atoms with Crippen molar-refractivity contribution < 1.29 is 18.8 Å². The summed E-state index contributed by atoms with van der Waals surface area (Å²) < 4.78 is 5.97. The van der Waals surface area contributed by atoms with Gasteiger partial charge in [0.05, 0.1) is 20.6 Å². The van der Waals surface area contributed by atoms with Gasteiger partial charge in [-0.3, -0.25) is 4.79 Å². The number of quaternary nitrogens is 1. The van der Waals surface area contributed by atoms with Crippen molar-refractivity contribution in [2.45, 2.75) is 57.8 Å². The van der Waals surface area contributed by atoms with Gasteiger partial charge in [-0.15, -0.1) is 0 Å². The fourth-order valence-corrected chi connectivity index (χ4v) is 4.59. The van der Waals surface area contributed by atoms with E-state index in [1.807, 2.05) is 0 Å². The van der Waals surface area contributed by atoms with Gasteiger partial charge in [0.15, 0.2) is 0 Å². The molecule has 4 heteroatoms. The van der Waals surface area contributed by atoms with E-state index in [9.17, 15) is 9.59 Å². The molecule has 0 aromatic rings. The van der Waals surface area contributed by atoms with Crippen LogP contribution < -0.4 is 0 Å². The van der Waals surface area contributed by atoms with Crippen molar-refractivity contribution in [1.82, 2.24) is 0 Å². The van der Waals surface area contributed by atoms with Crippen LogP contribution in [0.4, 0.5) is 0 Å². The Morgan fingerprint density at radius 3 is 2.20 bits per heavy atom. The minimum atomic E-state index is -0.346. The molecule has 2 aliphatic carbocycles. The van der Waals surface area contributed by atoms with E-state index in [0.29, 0.717) is 30.1 Å². The molecule has 0 unspecified atom stereocenters. The van der Waals surface area contributed by atoms with Crippen LogP contribution in [0.25, 0.3) is 0 Å². The Morgan fingerprint density at radius 2 is 1.60 bits per heavy atom. The topological polar surface area (TPSA) is 43.4 Å². The van der Waals surface area contributed by atoms with Gasteiger partial charge in [0.1, 0.15) is 18.9 Å². The van der Waals surface area contributed by atoms with Gasteiger partial charge in [-0.2, -0.15) is 0 Å². The summed E-state index contributed by atoms with van der Waals surface area (Å²) >= 11 is 0. The second-order valence-corrected chi connectivity index (χ2v) is 8.67. The van der Waals surface area contributed by atoms with Gasteiger partial charge < -0.3 is 9.22 Å². The molecule has 2 fully saturated rings. The molecule has 0 heterocycles. The summed E-state index contributed by atoms with van der Waals surface area (Å²) in [5, 5.41) is 0. The van der Waals surface area contributed by atoms with E-state index in [2.05, 4.69) is 20.7 Å². The van der Waals surface area contributed by atoms with Crippen molar-refractivity contribution in [3.05, 3.63) is 12.7 Å². The average molecular weight is 351 g/mol. The maximum absolute atomic E-state index is 12.7. The maximum Gasteiger partial charge on any atom is 0.330 e. The largest absolute Gasteiger partial charge is 0.457 e. The fraction of sp³-hybridized carbons (Fsp3) is 0.810. The Morgan fingerprint density at radius 1 is 1.00 bits per heavy atom. The van der Waals surface area contributed by atoms with Crippen molar-refractivity contribution in [1.29, 1.82) is 0 Å². The molecule has 25 heavy (non-hydrogen) atoms. The number of hydrogen-bond acceptors (Lipinski definition) is 3. The van der Waals surface area contributed by atoms with Crippen LogP contribution in [-0.4, -0.2) is 50.0 Å². The number of Topliss-reactive ketones (excluding diaryl/α,β-unsaturated/α-hetero) is 1. The van der Waals surface area contributed by atoms with Gasteiger partial charge in [-0.1, -0.05) is 25.8 Å². The Hall–Kier alpha value is -1.16. The van der Waals surface area contributed by atoms with Gasteiger partial charge in [-0.25, -0.2) is 4.79 Å². The SMILES string of the molecule is C=CC(=O)OCC[N+](C)(C)CC1CCC(C(=O)C2CCCCC2)CC1. The molecule has 0 bridgehead atoms. The van der Waals surface area contributed by atoms with Crippen molar-refractivity contribution in [2.75, 3.05) is 33.8 Å². The van der Waals surface area contributed by atoms with E-state index in [4.69, 9.17) is 4.74 Å². The minimum Gasteiger partial charge on any atom is -0.457 e. The Balaban J connectivity index is 1.70. The smallest absolute Gasteiger partial charge is 0.330 e. The molecule has 0 spiro atoms. The van der Waals surface area contributed by atoms with E-state index in [0.717, 1.165) is 56.1 Å². The molecule has 142 valence electrons. The summed E-state index contributed by atoms with van der Waals surface area (Å²) in [7, 11) is 4.39. The first-order valence-electron chi connectivity index (χ1n) is 10.1. The fourth-order valence-electron chi connectivity index (χ4n) is 4.59. The van der Waals surface area contributed by atoms with Crippen LogP contribution in [0.15, 0.2) is 12.7 Å². The zero-order valence-electron chi connectivity index (χ0n) is 16.2. The number of esters is 1. The molecular formula is C21H36NO3+. The maximum atomic E-state index is 12.7. The highest BCUT2D eigenvalue weighted by atomic mass is 16.5. The van der Waals surface area contributed by atoms with Gasteiger partial charge >= 0.3 is 5.97 Å². The monoisotopic (exact) mass is 350 g/mol. The highest BCUT2D eigenvalue weighted by molar-refractivity contribution is 5.83. The molecule has 0 aromatic carbocycles. The predicted octanol–water partition coefficient (Wildman–Crippen LogP) is 3.75. The lowest BCUT2D eigenvalue weighted by molar-refractivity contribution is -0.894. The number of likely N-dealkylation sites (N-methyl/N-ethyl adjacent to an activating group) is 1. The molecule has 2 rings (SSSR count). The van der Waals surface area contributed by atoms with Crippen LogP contribution in [0.2, 0.25) is 0 Å². The highest BCUT2D eigenvalue weighted by Crippen LogP contribution is 2.35. The number of carbonyl (C=O) groups excluding carboxylic acids is 2. The lowest BCUT2D eigenvalue weighted by atomic mass is 9.74.